The normalized spacial score (nSPS) is 20.7. The van der Waals surface area contributed by atoms with E-state index in [1.165, 1.54) is 13.8 Å². The fraction of sp³-hybridized carbons (Fsp3) is 0.474. The highest BCUT2D eigenvalue weighted by Crippen LogP contribution is 2.38. The molecular weight excluding hydrogens is 763 g/mol. The van der Waals surface area contributed by atoms with Crippen molar-refractivity contribution in [2.45, 2.75) is 32.0 Å². The van der Waals surface area contributed by atoms with Crippen molar-refractivity contribution >= 4 is 97.1 Å². The van der Waals surface area contributed by atoms with Crippen LogP contribution in [-0.4, -0.2) is 78.5 Å². The van der Waals surface area contributed by atoms with Gasteiger partial charge in [0.1, 0.15) is 25.3 Å². The highest BCUT2D eigenvalue weighted by Gasteiger charge is 2.33. The molecule has 0 aromatic heterocycles. The molecular formula is C19H20I3N3O7. The van der Waals surface area contributed by atoms with E-state index in [0.717, 1.165) is 3.57 Å². The first-order chi connectivity index (χ1) is 15.2. The number of hydrogen-bond donors (Lipinski definition) is 3. The molecule has 3 N–H and O–H groups in total. The molecule has 0 radical (unpaired) electrons. The van der Waals surface area contributed by atoms with Crippen molar-refractivity contribution in [2.75, 3.05) is 31.7 Å². The Balaban J connectivity index is 2.14. The lowest BCUT2D eigenvalue weighted by atomic mass is 10.1. The number of aliphatic hydroxyl groups excluding tert-OH is 2. The summed E-state index contributed by atoms with van der Waals surface area (Å²) in [4.78, 5) is 32.9. The highest BCUT2D eigenvalue weighted by molar-refractivity contribution is 14.1. The lowest BCUT2D eigenvalue weighted by Gasteiger charge is -2.20. The Bertz CT molecular complexity index is 942. The summed E-state index contributed by atoms with van der Waals surface area (Å²) in [6.45, 7) is 2.91. The molecule has 1 amide bonds. The van der Waals surface area contributed by atoms with Gasteiger partial charge in [0.2, 0.25) is 11.8 Å². The van der Waals surface area contributed by atoms with E-state index < -0.39 is 18.0 Å². The summed E-state index contributed by atoms with van der Waals surface area (Å²) in [7, 11) is 0. The van der Waals surface area contributed by atoms with E-state index in [1.807, 2.05) is 0 Å². The number of ether oxygens (including phenoxy) is 3. The van der Waals surface area contributed by atoms with Crippen molar-refractivity contribution in [3.05, 3.63) is 21.8 Å². The number of carbonyl (C=O) groups excluding carboxylic acids is 2. The van der Waals surface area contributed by atoms with Gasteiger partial charge in [-0.1, -0.05) is 0 Å². The summed E-state index contributed by atoms with van der Waals surface area (Å²) in [6, 6.07) is -0.750. The lowest BCUT2D eigenvalue weighted by Crippen LogP contribution is -2.30. The minimum atomic E-state index is -0.997. The average Bonchev–Trinajstić information content (AvgIpc) is 3.40. The summed E-state index contributed by atoms with van der Waals surface area (Å²) < 4.78 is 18.6. The molecule has 174 valence electrons. The maximum Gasteiger partial charge on any atom is 0.303 e. The van der Waals surface area contributed by atoms with Crippen LogP contribution in [0.2, 0.25) is 0 Å². The summed E-state index contributed by atoms with van der Waals surface area (Å²) in [5, 5.41) is 21.7. The number of carbonyl (C=O) groups is 2. The van der Waals surface area contributed by atoms with Crippen LogP contribution in [0.1, 0.15) is 25.0 Å². The number of aliphatic imine (C=N–C) groups is 2. The molecule has 2 aliphatic heterocycles. The maximum absolute atomic E-state index is 12.7. The molecule has 10 nitrogen and oxygen atoms in total. The molecule has 3 rings (SSSR count). The Labute approximate surface area is 225 Å². The van der Waals surface area contributed by atoms with Crippen LogP contribution in [0.15, 0.2) is 9.98 Å². The van der Waals surface area contributed by atoms with Gasteiger partial charge in [-0.3, -0.25) is 9.59 Å². The van der Waals surface area contributed by atoms with E-state index in [4.69, 9.17) is 14.2 Å². The van der Waals surface area contributed by atoms with Crippen molar-refractivity contribution in [3.63, 3.8) is 0 Å². The first-order valence-electron chi connectivity index (χ1n) is 9.50. The predicted molar refractivity (Wildman–Crippen MR) is 141 cm³/mol. The number of hydrogen-bond acceptors (Lipinski definition) is 9. The predicted octanol–water partition coefficient (Wildman–Crippen LogP) is 1.67. The van der Waals surface area contributed by atoms with Crippen LogP contribution in [0.25, 0.3) is 0 Å². The molecule has 1 aromatic carbocycles. The Hall–Kier alpha value is -0.790. The molecule has 32 heavy (non-hydrogen) atoms. The minimum absolute atomic E-state index is 0.147. The molecule has 2 unspecified atom stereocenters. The van der Waals surface area contributed by atoms with Crippen molar-refractivity contribution in [2.24, 2.45) is 9.98 Å². The molecule has 0 saturated heterocycles. The fourth-order valence-electron chi connectivity index (χ4n) is 2.97. The summed E-state index contributed by atoms with van der Waals surface area (Å²) >= 11 is 6.35. The van der Waals surface area contributed by atoms with E-state index >= 15 is 0 Å². The van der Waals surface area contributed by atoms with Gasteiger partial charge in [-0.05, 0) is 74.7 Å². The van der Waals surface area contributed by atoms with E-state index in [-0.39, 0.29) is 38.5 Å². The quantitative estimate of drug-likeness (QED) is 0.283. The third kappa shape index (κ3) is 5.47. The number of nitrogens with one attached hydrogen (secondary N) is 1. The molecule has 1 aromatic rings. The van der Waals surface area contributed by atoms with Crippen molar-refractivity contribution in [1.82, 2.24) is 0 Å². The number of nitrogens with zero attached hydrogens (tertiary/aromatic N) is 2. The van der Waals surface area contributed by atoms with Gasteiger partial charge in [-0.25, -0.2) is 9.98 Å². The Morgan fingerprint density at radius 1 is 1.03 bits per heavy atom. The van der Waals surface area contributed by atoms with Crippen molar-refractivity contribution in [1.29, 1.82) is 0 Å². The zero-order chi connectivity index (χ0) is 23.6. The SMILES string of the molecule is CC(=O)O[C@@H](C)C(=O)Nc1c(I)c(C2=NC(CO)CO2)c(I)c(C2=NC(CO)CO2)c1I. The monoisotopic (exact) mass is 783 g/mol. The molecule has 2 heterocycles. The number of anilines is 1. The average molecular weight is 783 g/mol. The molecule has 2 aliphatic rings. The fourth-order valence-corrected chi connectivity index (χ4v) is 7.33. The van der Waals surface area contributed by atoms with Gasteiger partial charge in [0.25, 0.3) is 5.91 Å². The second kappa shape index (κ2) is 11.1. The second-order valence-electron chi connectivity index (χ2n) is 6.97. The van der Waals surface area contributed by atoms with Crippen LogP contribution >= 0.6 is 67.8 Å². The van der Waals surface area contributed by atoms with Crippen molar-refractivity contribution in [3.8, 4) is 0 Å². The third-order valence-electron chi connectivity index (χ3n) is 4.55. The molecule has 13 heteroatoms. The van der Waals surface area contributed by atoms with Crippen LogP contribution in [-0.2, 0) is 23.8 Å². The number of rotatable bonds is 7. The van der Waals surface area contributed by atoms with Gasteiger partial charge in [-0.15, -0.1) is 0 Å². The Morgan fingerprint density at radius 2 is 1.50 bits per heavy atom. The van der Waals surface area contributed by atoms with E-state index in [2.05, 4.69) is 83.1 Å². The standard InChI is InChI=1S/C19H20I3N3O7/c1-7(32-8(2)28)17(29)25-16-14(21)11(18-23-9(3-26)5-30-18)13(20)12(15(16)22)19-24-10(4-27)6-31-19/h7,9-10,26-27H,3-6H2,1-2H3,(H,25,29)/t7-,9?,10?/m0/s1. The molecule has 0 bridgehead atoms. The van der Waals surface area contributed by atoms with E-state index in [1.54, 1.807) is 0 Å². The summed E-state index contributed by atoms with van der Waals surface area (Å²) in [5.74, 6) is -0.375. The molecule has 3 atom stereocenters. The number of aliphatic hydroxyl groups is 2. The van der Waals surface area contributed by atoms with Gasteiger partial charge in [0.05, 0.1) is 37.2 Å². The Morgan fingerprint density at radius 3 is 1.88 bits per heavy atom. The molecule has 0 fully saturated rings. The minimum Gasteiger partial charge on any atom is -0.475 e. The van der Waals surface area contributed by atoms with Gasteiger partial charge < -0.3 is 29.7 Å². The summed E-state index contributed by atoms with van der Waals surface area (Å²) in [6.07, 6.45) is -0.997. The number of esters is 1. The zero-order valence-electron chi connectivity index (χ0n) is 17.0. The van der Waals surface area contributed by atoms with Crippen molar-refractivity contribution < 1.29 is 34.0 Å². The summed E-state index contributed by atoms with van der Waals surface area (Å²) in [5.41, 5.74) is 1.73. The van der Waals surface area contributed by atoms with Crippen LogP contribution in [0, 0.1) is 10.7 Å². The van der Waals surface area contributed by atoms with Crippen LogP contribution in [0.5, 0.6) is 0 Å². The largest absolute Gasteiger partial charge is 0.475 e. The van der Waals surface area contributed by atoms with Gasteiger partial charge in [0.15, 0.2) is 6.10 Å². The van der Waals surface area contributed by atoms with E-state index in [0.29, 0.717) is 35.8 Å². The second-order valence-corrected chi connectivity index (χ2v) is 10.2. The van der Waals surface area contributed by atoms with Crippen LogP contribution in [0.4, 0.5) is 5.69 Å². The first kappa shape index (κ1) is 25.8. The number of benzene rings is 1. The van der Waals surface area contributed by atoms with Crippen LogP contribution < -0.4 is 5.32 Å². The maximum atomic E-state index is 12.7. The number of halogens is 3. The third-order valence-corrected chi connectivity index (χ3v) is 7.79. The topological polar surface area (TPSA) is 139 Å². The number of amides is 1. The van der Waals surface area contributed by atoms with Gasteiger partial charge in [0, 0.05) is 10.5 Å². The van der Waals surface area contributed by atoms with Gasteiger partial charge >= 0.3 is 5.97 Å². The molecule has 0 spiro atoms. The van der Waals surface area contributed by atoms with Crippen LogP contribution in [0.3, 0.4) is 0 Å². The van der Waals surface area contributed by atoms with E-state index in [9.17, 15) is 19.8 Å². The smallest absolute Gasteiger partial charge is 0.303 e. The Kier molecular flexibility index (Phi) is 8.95. The zero-order valence-corrected chi connectivity index (χ0v) is 23.5. The first-order valence-corrected chi connectivity index (χ1v) is 12.7. The molecule has 0 saturated carbocycles. The van der Waals surface area contributed by atoms with Gasteiger partial charge in [-0.2, -0.15) is 0 Å². The highest BCUT2D eigenvalue weighted by atomic mass is 127. The lowest BCUT2D eigenvalue weighted by molar-refractivity contribution is -0.150. The molecule has 0 aliphatic carbocycles.